The molecule has 1 unspecified atom stereocenters. The predicted octanol–water partition coefficient (Wildman–Crippen LogP) is 3.29. The molecular formula is C19H25ClN2O3S. The Morgan fingerprint density at radius 3 is 2.31 bits per heavy atom. The van der Waals surface area contributed by atoms with Crippen LogP contribution in [0, 0.1) is 0 Å². The molecule has 142 valence electrons. The van der Waals surface area contributed by atoms with Crippen LogP contribution in [0.15, 0.2) is 54.6 Å². The van der Waals surface area contributed by atoms with Gasteiger partial charge >= 0.3 is 0 Å². The lowest BCUT2D eigenvalue weighted by Crippen LogP contribution is -2.35. The smallest absolute Gasteiger partial charge is 0.241 e. The number of amides is 1. The highest BCUT2D eigenvalue weighted by Crippen LogP contribution is 2.16. The fourth-order valence-electron chi connectivity index (χ4n) is 2.55. The van der Waals surface area contributed by atoms with E-state index in [1.165, 1.54) is 0 Å². The minimum Gasteiger partial charge on any atom is -0.325 e. The summed E-state index contributed by atoms with van der Waals surface area (Å²) in [5.74, 6) is -0.343. The van der Waals surface area contributed by atoms with E-state index in [4.69, 9.17) is 5.73 Å². The zero-order valence-electron chi connectivity index (χ0n) is 14.7. The van der Waals surface area contributed by atoms with Gasteiger partial charge in [0.15, 0.2) is 9.84 Å². The summed E-state index contributed by atoms with van der Waals surface area (Å²) in [6.07, 6.45) is 1.43. The number of anilines is 1. The minimum absolute atomic E-state index is 0. The Morgan fingerprint density at radius 1 is 1.04 bits per heavy atom. The van der Waals surface area contributed by atoms with E-state index in [9.17, 15) is 13.2 Å². The number of nitrogens with two attached hydrogens (primary N) is 1. The molecule has 7 heteroatoms. The van der Waals surface area contributed by atoms with E-state index in [2.05, 4.69) is 5.32 Å². The molecule has 3 N–H and O–H groups in total. The molecule has 0 aliphatic carbocycles. The fourth-order valence-corrected chi connectivity index (χ4v) is 4.04. The molecule has 0 radical (unpaired) electrons. The molecule has 1 amide bonds. The summed E-state index contributed by atoms with van der Waals surface area (Å²) in [5, 5.41) is 2.74. The van der Waals surface area contributed by atoms with Crippen molar-refractivity contribution in [3.63, 3.8) is 0 Å². The SMILES string of the molecule is CCCC(N)C(=O)Nc1cccc(CS(=O)(=O)Cc2ccccc2)c1.Cl. The summed E-state index contributed by atoms with van der Waals surface area (Å²) in [7, 11) is -3.30. The average molecular weight is 397 g/mol. The van der Waals surface area contributed by atoms with Gasteiger partial charge in [0, 0.05) is 5.69 Å². The molecule has 2 aromatic rings. The molecule has 0 aliphatic heterocycles. The third-order valence-electron chi connectivity index (χ3n) is 3.75. The molecule has 1 atom stereocenters. The Kier molecular flexibility index (Phi) is 8.78. The first-order valence-corrected chi connectivity index (χ1v) is 10.1. The Labute approximate surface area is 161 Å². The highest BCUT2D eigenvalue weighted by atomic mass is 35.5. The normalized spacial score (nSPS) is 12.1. The van der Waals surface area contributed by atoms with Crippen molar-refractivity contribution in [2.45, 2.75) is 37.3 Å². The summed E-state index contributed by atoms with van der Waals surface area (Å²) >= 11 is 0. The van der Waals surface area contributed by atoms with E-state index in [1.54, 1.807) is 36.4 Å². The molecular weight excluding hydrogens is 372 g/mol. The van der Waals surface area contributed by atoms with Gasteiger partial charge in [-0.1, -0.05) is 55.8 Å². The third-order valence-corrected chi connectivity index (χ3v) is 5.29. The Balaban J connectivity index is 0.00000338. The van der Waals surface area contributed by atoms with Crippen molar-refractivity contribution in [2.75, 3.05) is 5.32 Å². The quantitative estimate of drug-likeness (QED) is 0.716. The van der Waals surface area contributed by atoms with E-state index in [0.29, 0.717) is 17.7 Å². The van der Waals surface area contributed by atoms with Gasteiger partial charge in [-0.05, 0) is 29.7 Å². The summed E-state index contributed by atoms with van der Waals surface area (Å²) in [5.41, 5.74) is 7.75. The van der Waals surface area contributed by atoms with Gasteiger partial charge in [0.25, 0.3) is 0 Å². The predicted molar refractivity (Wildman–Crippen MR) is 108 cm³/mol. The maximum absolute atomic E-state index is 12.4. The highest BCUT2D eigenvalue weighted by Gasteiger charge is 2.15. The first kappa shape index (κ1) is 22.2. The summed E-state index contributed by atoms with van der Waals surface area (Å²) in [6.45, 7) is 1.96. The Bertz CT molecular complexity index is 811. The van der Waals surface area contributed by atoms with Crippen molar-refractivity contribution >= 4 is 33.8 Å². The van der Waals surface area contributed by atoms with Gasteiger partial charge in [-0.15, -0.1) is 12.4 Å². The van der Waals surface area contributed by atoms with E-state index in [-0.39, 0.29) is 29.8 Å². The standard InChI is InChI=1S/C19H24N2O3S.ClH/c1-2-7-18(20)19(22)21-17-11-6-10-16(12-17)14-25(23,24)13-15-8-4-3-5-9-15;/h3-6,8-12,18H,2,7,13-14,20H2,1H3,(H,21,22);1H. The zero-order chi connectivity index (χ0) is 18.3. The van der Waals surface area contributed by atoms with Gasteiger partial charge in [0.05, 0.1) is 17.5 Å². The molecule has 0 aromatic heterocycles. The number of sulfone groups is 1. The van der Waals surface area contributed by atoms with Crippen molar-refractivity contribution in [1.29, 1.82) is 0 Å². The maximum Gasteiger partial charge on any atom is 0.241 e. The van der Waals surface area contributed by atoms with Crippen LogP contribution in [0.3, 0.4) is 0 Å². The van der Waals surface area contributed by atoms with Crippen molar-refractivity contribution in [3.8, 4) is 0 Å². The first-order valence-electron chi connectivity index (χ1n) is 8.29. The number of halogens is 1. The van der Waals surface area contributed by atoms with E-state index in [0.717, 1.165) is 12.0 Å². The van der Waals surface area contributed by atoms with Crippen LogP contribution in [-0.4, -0.2) is 20.4 Å². The minimum atomic E-state index is -3.30. The monoisotopic (exact) mass is 396 g/mol. The van der Waals surface area contributed by atoms with Crippen LogP contribution in [-0.2, 0) is 26.1 Å². The molecule has 2 rings (SSSR count). The number of rotatable bonds is 8. The number of benzene rings is 2. The molecule has 0 aliphatic rings. The van der Waals surface area contributed by atoms with Crippen LogP contribution < -0.4 is 11.1 Å². The van der Waals surface area contributed by atoms with E-state index in [1.807, 2.05) is 25.1 Å². The van der Waals surface area contributed by atoms with Gasteiger partial charge in [0.1, 0.15) is 0 Å². The van der Waals surface area contributed by atoms with E-state index >= 15 is 0 Å². The number of hydrogen-bond acceptors (Lipinski definition) is 4. The van der Waals surface area contributed by atoms with Crippen molar-refractivity contribution < 1.29 is 13.2 Å². The van der Waals surface area contributed by atoms with Crippen molar-refractivity contribution in [3.05, 3.63) is 65.7 Å². The van der Waals surface area contributed by atoms with Gasteiger partial charge in [-0.25, -0.2) is 8.42 Å². The van der Waals surface area contributed by atoms with Crippen LogP contribution in [0.1, 0.15) is 30.9 Å². The second-order valence-corrected chi connectivity index (χ2v) is 8.17. The van der Waals surface area contributed by atoms with Crippen LogP contribution in [0.25, 0.3) is 0 Å². The van der Waals surface area contributed by atoms with Crippen LogP contribution in [0.2, 0.25) is 0 Å². The number of hydrogen-bond donors (Lipinski definition) is 2. The van der Waals surface area contributed by atoms with Gasteiger partial charge < -0.3 is 11.1 Å². The molecule has 2 aromatic carbocycles. The van der Waals surface area contributed by atoms with E-state index < -0.39 is 15.9 Å². The molecule has 5 nitrogen and oxygen atoms in total. The maximum atomic E-state index is 12.4. The lowest BCUT2D eigenvalue weighted by atomic mass is 10.1. The Hall–Kier alpha value is -1.89. The summed E-state index contributed by atoms with van der Waals surface area (Å²) < 4.78 is 24.8. The van der Waals surface area contributed by atoms with Crippen molar-refractivity contribution in [2.24, 2.45) is 5.73 Å². The Morgan fingerprint density at radius 2 is 1.65 bits per heavy atom. The molecule has 0 heterocycles. The zero-order valence-corrected chi connectivity index (χ0v) is 16.4. The lowest BCUT2D eigenvalue weighted by Gasteiger charge is -2.12. The average Bonchev–Trinajstić information content (AvgIpc) is 2.55. The van der Waals surface area contributed by atoms with Gasteiger partial charge in [-0.3, -0.25) is 4.79 Å². The second kappa shape index (κ2) is 10.3. The van der Waals surface area contributed by atoms with Crippen LogP contribution >= 0.6 is 12.4 Å². The fraction of sp³-hybridized carbons (Fsp3) is 0.316. The van der Waals surface area contributed by atoms with Crippen LogP contribution in [0.5, 0.6) is 0 Å². The van der Waals surface area contributed by atoms with Crippen LogP contribution in [0.4, 0.5) is 5.69 Å². The lowest BCUT2D eigenvalue weighted by molar-refractivity contribution is -0.117. The summed E-state index contributed by atoms with van der Waals surface area (Å²) in [6, 6.07) is 15.4. The van der Waals surface area contributed by atoms with Crippen molar-refractivity contribution in [1.82, 2.24) is 0 Å². The number of carbonyl (C=O) groups is 1. The number of carbonyl (C=O) groups excluding carboxylic acids is 1. The molecule has 0 saturated carbocycles. The second-order valence-electron chi connectivity index (χ2n) is 6.10. The highest BCUT2D eigenvalue weighted by molar-refractivity contribution is 7.89. The summed E-state index contributed by atoms with van der Waals surface area (Å²) in [4.78, 5) is 12.0. The molecule has 0 bridgehead atoms. The molecule has 26 heavy (non-hydrogen) atoms. The third kappa shape index (κ3) is 7.15. The first-order chi connectivity index (χ1) is 11.9. The van der Waals surface area contributed by atoms with Gasteiger partial charge in [0.2, 0.25) is 5.91 Å². The molecule has 0 fully saturated rings. The topological polar surface area (TPSA) is 89.3 Å². The largest absolute Gasteiger partial charge is 0.325 e. The molecule has 0 saturated heterocycles. The number of nitrogens with one attached hydrogen (secondary N) is 1. The molecule has 0 spiro atoms. The van der Waals surface area contributed by atoms with Gasteiger partial charge in [-0.2, -0.15) is 0 Å².